The number of halogens is 3. The van der Waals surface area contributed by atoms with Gasteiger partial charge in [0.15, 0.2) is 11.6 Å². The van der Waals surface area contributed by atoms with Crippen LogP contribution >= 0.6 is 0 Å². The molecule has 0 bridgehead atoms. The number of carbonyl (C=O) groups excluding carboxylic acids is 1. The second kappa shape index (κ2) is 9.46. The minimum absolute atomic E-state index is 0.109. The smallest absolute Gasteiger partial charge is 0.293 e. The molecule has 1 fully saturated rings. The highest BCUT2D eigenvalue weighted by atomic mass is 19.3. The first kappa shape index (κ1) is 23.7. The number of allylic oxidation sites excluding steroid dienone is 1. The second-order valence-electron chi connectivity index (χ2n) is 8.86. The van der Waals surface area contributed by atoms with Crippen LogP contribution in [0.3, 0.4) is 0 Å². The van der Waals surface area contributed by atoms with Crippen LogP contribution in [0.1, 0.15) is 33.1 Å². The summed E-state index contributed by atoms with van der Waals surface area (Å²) >= 11 is 0. The summed E-state index contributed by atoms with van der Waals surface area (Å²) in [5, 5.41) is 0. The molecule has 2 atom stereocenters. The predicted octanol–water partition coefficient (Wildman–Crippen LogP) is 2.15. The number of anilines is 2. The number of alkyl halides is 2. The third kappa shape index (κ3) is 4.79. The maximum absolute atomic E-state index is 15.1. The first-order chi connectivity index (χ1) is 15.7. The number of ether oxygens (including phenoxy) is 2. The van der Waals surface area contributed by atoms with E-state index >= 15 is 4.39 Å². The zero-order valence-corrected chi connectivity index (χ0v) is 18.9. The highest BCUT2D eigenvalue weighted by molar-refractivity contribution is 5.98. The molecule has 1 aromatic rings. The summed E-state index contributed by atoms with van der Waals surface area (Å²) in [7, 11) is 0. The Morgan fingerprint density at radius 3 is 2.79 bits per heavy atom. The van der Waals surface area contributed by atoms with Crippen molar-refractivity contribution >= 4 is 17.5 Å². The average molecular weight is 470 g/mol. The summed E-state index contributed by atoms with van der Waals surface area (Å²) in [5.41, 5.74) is -0.518. The lowest BCUT2D eigenvalue weighted by Gasteiger charge is -2.41. The Bertz CT molecular complexity index is 991. The summed E-state index contributed by atoms with van der Waals surface area (Å²) in [6.45, 7) is 3.67. The molecular weight excluding hydrogens is 441 g/mol. The summed E-state index contributed by atoms with van der Waals surface area (Å²) in [6.07, 6.45) is 3.08. The van der Waals surface area contributed by atoms with Crippen molar-refractivity contribution in [2.45, 2.75) is 57.7 Å². The molecule has 8 nitrogen and oxygen atoms in total. The van der Waals surface area contributed by atoms with Crippen LogP contribution < -0.4 is 15.4 Å². The van der Waals surface area contributed by atoms with Gasteiger partial charge in [0.05, 0.1) is 38.4 Å². The fourth-order valence-electron chi connectivity index (χ4n) is 4.57. The van der Waals surface area contributed by atoms with Crippen LogP contribution in [0.4, 0.5) is 24.9 Å². The molecule has 1 saturated heterocycles. The molecule has 0 N–H and O–H groups in total. The largest absolute Gasteiger partial charge is 0.377 e. The molecule has 4 rings (SSSR count). The molecule has 4 heterocycles. The second-order valence-corrected chi connectivity index (χ2v) is 8.86. The molecule has 3 aliphatic rings. The minimum atomic E-state index is -3.17. The molecule has 0 spiro atoms. The monoisotopic (exact) mass is 470 g/mol. The van der Waals surface area contributed by atoms with E-state index in [4.69, 9.17) is 9.47 Å². The Kier molecular flexibility index (Phi) is 6.81. The number of hydrogen-bond acceptors (Lipinski definition) is 7. The molecule has 0 amide bonds. The minimum Gasteiger partial charge on any atom is -0.377 e. The fourth-order valence-corrected chi connectivity index (χ4v) is 4.57. The van der Waals surface area contributed by atoms with Gasteiger partial charge in [0.25, 0.3) is 11.5 Å². The first-order valence-corrected chi connectivity index (χ1v) is 11.3. The van der Waals surface area contributed by atoms with E-state index in [2.05, 4.69) is 4.98 Å². The molecule has 0 saturated carbocycles. The van der Waals surface area contributed by atoms with Crippen LogP contribution in [0, 0.1) is 5.82 Å². The number of aromatic nitrogens is 2. The summed E-state index contributed by atoms with van der Waals surface area (Å²) in [5.74, 6) is -4.88. The highest BCUT2D eigenvalue weighted by Crippen LogP contribution is 2.34. The summed E-state index contributed by atoms with van der Waals surface area (Å²) < 4.78 is 56.1. The van der Waals surface area contributed by atoms with E-state index in [1.54, 1.807) is 17.9 Å². The quantitative estimate of drug-likeness (QED) is 0.653. The van der Waals surface area contributed by atoms with Crippen molar-refractivity contribution in [3.05, 3.63) is 27.8 Å². The lowest BCUT2D eigenvalue weighted by molar-refractivity contribution is -0.115. The Balaban J connectivity index is 1.76. The zero-order valence-electron chi connectivity index (χ0n) is 18.9. The Hall–Kier alpha value is -2.40. The van der Waals surface area contributed by atoms with Gasteiger partial charge in [-0.25, -0.2) is 8.78 Å². The number of Topliss-reactive ketones (excluding diaryl/α,β-unsaturated/α-hetero) is 1. The molecule has 3 aliphatic heterocycles. The molecular formula is C22H29F3N4O4. The highest BCUT2D eigenvalue weighted by Gasteiger charge is 2.44. The lowest BCUT2D eigenvalue weighted by Crippen LogP contribution is -2.55. The van der Waals surface area contributed by atoms with Gasteiger partial charge in [-0.05, 0) is 26.2 Å². The van der Waals surface area contributed by atoms with Crippen LogP contribution in [0.25, 0.3) is 0 Å². The number of rotatable bonds is 5. The Labute approximate surface area is 190 Å². The fraction of sp³-hybridized carbons (Fsp3) is 0.682. The normalized spacial score (nSPS) is 24.2. The maximum Gasteiger partial charge on any atom is 0.293 e. The van der Waals surface area contributed by atoms with E-state index in [0.717, 1.165) is 22.8 Å². The summed E-state index contributed by atoms with van der Waals surface area (Å²) in [4.78, 5) is 33.0. The van der Waals surface area contributed by atoms with E-state index in [0.29, 0.717) is 38.4 Å². The van der Waals surface area contributed by atoms with Crippen molar-refractivity contribution in [3.8, 4) is 0 Å². The van der Waals surface area contributed by atoms with Gasteiger partial charge in [-0.3, -0.25) is 14.2 Å². The molecule has 11 heteroatoms. The number of carbonyl (C=O) groups is 1. The van der Waals surface area contributed by atoms with Crippen molar-refractivity contribution in [1.29, 1.82) is 0 Å². The van der Waals surface area contributed by atoms with E-state index in [1.165, 1.54) is 0 Å². The molecule has 0 aliphatic carbocycles. The SMILES string of the molecule is C[C@@H]1COCCN1c1nc2n(c(=O)c1F)CC[C@@H](C(C)(F)F)N2CC(=O)C1=CCCCOC1. The topological polar surface area (TPSA) is 76.9 Å². The van der Waals surface area contributed by atoms with Crippen LogP contribution in [-0.4, -0.2) is 72.9 Å². The van der Waals surface area contributed by atoms with Crippen LogP contribution in [0.15, 0.2) is 16.4 Å². The van der Waals surface area contributed by atoms with E-state index in [-0.39, 0.29) is 43.2 Å². The molecule has 0 aromatic carbocycles. The molecule has 0 unspecified atom stereocenters. The molecule has 33 heavy (non-hydrogen) atoms. The van der Waals surface area contributed by atoms with Gasteiger partial charge in [-0.15, -0.1) is 0 Å². The van der Waals surface area contributed by atoms with Gasteiger partial charge < -0.3 is 19.3 Å². The number of nitrogens with zero attached hydrogens (tertiary/aromatic N) is 4. The predicted molar refractivity (Wildman–Crippen MR) is 116 cm³/mol. The van der Waals surface area contributed by atoms with Gasteiger partial charge in [0, 0.05) is 32.2 Å². The third-order valence-electron chi connectivity index (χ3n) is 6.37. The number of hydrogen-bond donors (Lipinski definition) is 0. The third-order valence-corrected chi connectivity index (χ3v) is 6.37. The average Bonchev–Trinajstić information content (AvgIpc) is 3.06. The van der Waals surface area contributed by atoms with Gasteiger partial charge >= 0.3 is 0 Å². The maximum atomic E-state index is 15.1. The standard InChI is InChI=1S/C22H29F3N4O4/c1-14-12-33-10-8-27(14)19-18(23)20(31)28-7-6-17(22(2,24)25)29(21(28)26-19)11-16(30)15-5-3-4-9-32-13-15/h5,14,17H,3-4,6-13H2,1-2H3/t14-,17+/m1/s1. The molecule has 0 radical (unpaired) electrons. The van der Waals surface area contributed by atoms with Crippen molar-refractivity contribution in [1.82, 2.24) is 9.55 Å². The van der Waals surface area contributed by atoms with Crippen molar-refractivity contribution in [2.24, 2.45) is 0 Å². The van der Waals surface area contributed by atoms with Gasteiger partial charge in [-0.1, -0.05) is 6.08 Å². The van der Waals surface area contributed by atoms with Crippen molar-refractivity contribution in [2.75, 3.05) is 49.3 Å². The van der Waals surface area contributed by atoms with Crippen LogP contribution in [0.5, 0.6) is 0 Å². The zero-order chi connectivity index (χ0) is 23.8. The molecule has 182 valence electrons. The van der Waals surface area contributed by atoms with Gasteiger partial charge in [0.2, 0.25) is 11.8 Å². The summed E-state index contributed by atoms with van der Waals surface area (Å²) in [6, 6.07) is -1.61. The number of ketones is 1. The Morgan fingerprint density at radius 1 is 1.27 bits per heavy atom. The van der Waals surface area contributed by atoms with E-state index in [9.17, 15) is 18.4 Å². The Morgan fingerprint density at radius 2 is 2.06 bits per heavy atom. The van der Waals surface area contributed by atoms with Gasteiger partial charge in [-0.2, -0.15) is 9.37 Å². The van der Waals surface area contributed by atoms with E-state index in [1.807, 2.05) is 0 Å². The number of morpholine rings is 1. The lowest BCUT2D eigenvalue weighted by atomic mass is 10.0. The first-order valence-electron chi connectivity index (χ1n) is 11.3. The molecule has 1 aromatic heterocycles. The van der Waals surface area contributed by atoms with Crippen LogP contribution in [-0.2, 0) is 20.8 Å². The van der Waals surface area contributed by atoms with Crippen molar-refractivity contribution < 1.29 is 27.4 Å². The van der Waals surface area contributed by atoms with E-state index < -0.39 is 29.9 Å². The van der Waals surface area contributed by atoms with Crippen molar-refractivity contribution in [3.63, 3.8) is 0 Å². The van der Waals surface area contributed by atoms with Gasteiger partial charge in [0.1, 0.15) is 0 Å². The number of fused-ring (bicyclic) bond motifs is 1. The van der Waals surface area contributed by atoms with Crippen LogP contribution in [0.2, 0.25) is 0 Å².